The predicted octanol–water partition coefficient (Wildman–Crippen LogP) is 1.48. The number of aromatic nitrogens is 2. The molecule has 21 heavy (non-hydrogen) atoms. The van der Waals surface area contributed by atoms with Gasteiger partial charge in [0.15, 0.2) is 5.82 Å². The molecular weight excluding hydrogens is 288 g/mol. The van der Waals surface area contributed by atoms with E-state index in [0.717, 1.165) is 0 Å². The third kappa shape index (κ3) is 2.59. The highest BCUT2D eigenvalue weighted by atomic mass is 32.2. The van der Waals surface area contributed by atoms with E-state index < -0.39 is 5.25 Å². The Labute approximate surface area is 125 Å². The van der Waals surface area contributed by atoms with E-state index >= 15 is 0 Å². The fourth-order valence-electron chi connectivity index (χ4n) is 2.11. The van der Waals surface area contributed by atoms with Crippen LogP contribution in [0.15, 0.2) is 47.8 Å². The number of carbonyl (C=O) groups is 2. The maximum absolute atomic E-state index is 12.4. The third-order valence-corrected chi connectivity index (χ3v) is 4.26. The molecule has 1 saturated heterocycles. The minimum Gasteiger partial charge on any atom is -0.381 e. The number of imide groups is 1. The number of para-hydroxylation sites is 1. The molecule has 1 fully saturated rings. The number of nitrogen functional groups attached to an aromatic ring is 1. The summed E-state index contributed by atoms with van der Waals surface area (Å²) in [6.45, 7) is 0. The molecule has 1 aliphatic heterocycles. The first-order valence-corrected chi connectivity index (χ1v) is 7.20. The quantitative estimate of drug-likeness (QED) is 0.864. The van der Waals surface area contributed by atoms with E-state index in [0.29, 0.717) is 10.7 Å². The van der Waals surface area contributed by atoms with Crippen LogP contribution in [-0.4, -0.2) is 27.0 Å². The fourth-order valence-corrected chi connectivity index (χ4v) is 3.10. The number of hydrogen-bond acceptors (Lipinski definition) is 6. The topological polar surface area (TPSA) is 89.2 Å². The highest BCUT2D eigenvalue weighted by Gasteiger charge is 2.40. The SMILES string of the molecule is Nc1nccnc1SC1CC(=O)N(c2ccccc2)C1=O. The lowest BCUT2D eigenvalue weighted by Gasteiger charge is -2.14. The van der Waals surface area contributed by atoms with E-state index in [1.807, 2.05) is 6.07 Å². The summed E-state index contributed by atoms with van der Waals surface area (Å²) in [4.78, 5) is 33.8. The van der Waals surface area contributed by atoms with Gasteiger partial charge in [-0.05, 0) is 12.1 Å². The second kappa shape index (κ2) is 5.53. The first-order valence-electron chi connectivity index (χ1n) is 6.32. The molecule has 1 unspecified atom stereocenters. The normalized spacial score (nSPS) is 18.3. The van der Waals surface area contributed by atoms with E-state index in [2.05, 4.69) is 9.97 Å². The maximum atomic E-state index is 12.4. The first-order chi connectivity index (χ1) is 10.2. The van der Waals surface area contributed by atoms with Crippen LogP contribution in [-0.2, 0) is 9.59 Å². The molecule has 1 aromatic heterocycles. The Morgan fingerprint density at radius 1 is 1.14 bits per heavy atom. The molecule has 0 bridgehead atoms. The number of nitrogens with two attached hydrogens (primary N) is 1. The van der Waals surface area contributed by atoms with Gasteiger partial charge in [0.2, 0.25) is 11.8 Å². The number of carbonyl (C=O) groups excluding carboxylic acids is 2. The molecule has 7 heteroatoms. The van der Waals surface area contributed by atoms with Crippen LogP contribution in [0.25, 0.3) is 0 Å². The van der Waals surface area contributed by atoms with Crippen LogP contribution in [0.4, 0.5) is 11.5 Å². The Hall–Kier alpha value is -2.41. The molecular formula is C14H12N4O2S. The third-order valence-electron chi connectivity index (χ3n) is 3.06. The molecule has 106 valence electrons. The molecule has 6 nitrogen and oxygen atoms in total. The zero-order valence-electron chi connectivity index (χ0n) is 11.0. The number of nitrogens with zero attached hydrogens (tertiary/aromatic N) is 3. The number of thioether (sulfide) groups is 1. The molecule has 2 amide bonds. The minimum atomic E-state index is -0.517. The number of benzene rings is 1. The van der Waals surface area contributed by atoms with Crippen molar-refractivity contribution in [3.63, 3.8) is 0 Å². The molecule has 0 spiro atoms. The first kappa shape index (κ1) is 13.6. The van der Waals surface area contributed by atoms with Crippen LogP contribution in [0.5, 0.6) is 0 Å². The maximum Gasteiger partial charge on any atom is 0.247 e. The van der Waals surface area contributed by atoms with E-state index in [9.17, 15) is 9.59 Å². The summed E-state index contributed by atoms with van der Waals surface area (Å²) in [5.74, 6) is -0.201. The van der Waals surface area contributed by atoms with Crippen LogP contribution < -0.4 is 10.6 Å². The molecule has 1 atom stereocenters. The molecule has 2 aromatic rings. The van der Waals surface area contributed by atoms with Gasteiger partial charge in [0.1, 0.15) is 5.03 Å². The lowest BCUT2D eigenvalue weighted by molar-refractivity contribution is -0.121. The second-order valence-corrected chi connectivity index (χ2v) is 5.65. The molecule has 1 aliphatic rings. The summed E-state index contributed by atoms with van der Waals surface area (Å²) in [6, 6.07) is 8.88. The Morgan fingerprint density at radius 3 is 2.57 bits per heavy atom. The molecule has 0 saturated carbocycles. The van der Waals surface area contributed by atoms with Gasteiger partial charge in [-0.25, -0.2) is 14.9 Å². The zero-order valence-corrected chi connectivity index (χ0v) is 11.8. The van der Waals surface area contributed by atoms with Crippen LogP contribution in [0.3, 0.4) is 0 Å². The van der Waals surface area contributed by atoms with Gasteiger partial charge in [-0.3, -0.25) is 9.59 Å². The average molecular weight is 300 g/mol. The Kier molecular flexibility index (Phi) is 3.57. The number of anilines is 2. The molecule has 2 N–H and O–H groups in total. The Balaban J connectivity index is 1.83. The van der Waals surface area contributed by atoms with Crippen molar-refractivity contribution < 1.29 is 9.59 Å². The molecule has 0 radical (unpaired) electrons. The minimum absolute atomic E-state index is 0.133. The van der Waals surface area contributed by atoms with Gasteiger partial charge in [-0.2, -0.15) is 0 Å². The number of rotatable bonds is 3. The van der Waals surface area contributed by atoms with Crippen LogP contribution >= 0.6 is 11.8 Å². The molecule has 1 aromatic carbocycles. The second-order valence-electron chi connectivity index (χ2n) is 4.46. The Bertz CT molecular complexity index is 692. The number of hydrogen-bond donors (Lipinski definition) is 1. The van der Waals surface area contributed by atoms with Crippen molar-refractivity contribution in [2.24, 2.45) is 0 Å². The molecule has 0 aliphatic carbocycles. The summed E-state index contributed by atoms with van der Waals surface area (Å²) >= 11 is 1.18. The lowest BCUT2D eigenvalue weighted by atomic mass is 10.3. The van der Waals surface area contributed by atoms with E-state index in [-0.39, 0.29) is 24.1 Å². The van der Waals surface area contributed by atoms with Gasteiger partial charge < -0.3 is 5.73 Å². The van der Waals surface area contributed by atoms with E-state index in [1.54, 1.807) is 24.3 Å². The van der Waals surface area contributed by atoms with Crippen molar-refractivity contribution in [3.05, 3.63) is 42.7 Å². The molecule has 2 heterocycles. The summed E-state index contributed by atoms with van der Waals surface area (Å²) < 4.78 is 0. The largest absolute Gasteiger partial charge is 0.381 e. The van der Waals surface area contributed by atoms with E-state index in [1.165, 1.54) is 29.1 Å². The fraction of sp³-hybridized carbons (Fsp3) is 0.143. The van der Waals surface area contributed by atoms with Crippen molar-refractivity contribution in [2.75, 3.05) is 10.6 Å². The van der Waals surface area contributed by atoms with Gasteiger partial charge in [0.25, 0.3) is 0 Å². The van der Waals surface area contributed by atoms with Crippen molar-refractivity contribution >= 4 is 35.1 Å². The van der Waals surface area contributed by atoms with Crippen molar-refractivity contribution in [1.82, 2.24) is 9.97 Å². The van der Waals surface area contributed by atoms with Gasteiger partial charge in [-0.15, -0.1) is 0 Å². The number of amides is 2. The van der Waals surface area contributed by atoms with Gasteiger partial charge in [0.05, 0.1) is 10.9 Å². The van der Waals surface area contributed by atoms with Crippen molar-refractivity contribution in [1.29, 1.82) is 0 Å². The lowest BCUT2D eigenvalue weighted by Crippen LogP contribution is -2.31. The Morgan fingerprint density at radius 2 is 1.86 bits per heavy atom. The van der Waals surface area contributed by atoms with E-state index in [4.69, 9.17) is 5.73 Å². The highest BCUT2D eigenvalue weighted by molar-refractivity contribution is 8.00. The standard InChI is InChI=1S/C14H12N4O2S/c15-12-13(17-7-6-16-12)21-10-8-11(19)18(14(10)20)9-4-2-1-3-5-9/h1-7,10H,8H2,(H2,15,16). The summed E-state index contributed by atoms with van der Waals surface area (Å²) in [7, 11) is 0. The zero-order chi connectivity index (χ0) is 14.8. The van der Waals surface area contributed by atoms with Crippen LogP contribution in [0.2, 0.25) is 0 Å². The van der Waals surface area contributed by atoms with Gasteiger partial charge in [-0.1, -0.05) is 30.0 Å². The predicted molar refractivity (Wildman–Crippen MR) is 79.6 cm³/mol. The van der Waals surface area contributed by atoms with Gasteiger partial charge >= 0.3 is 0 Å². The highest BCUT2D eigenvalue weighted by Crippen LogP contribution is 2.34. The van der Waals surface area contributed by atoms with Crippen LogP contribution in [0, 0.1) is 0 Å². The smallest absolute Gasteiger partial charge is 0.247 e. The summed E-state index contributed by atoms with van der Waals surface area (Å²) in [5.41, 5.74) is 6.31. The summed E-state index contributed by atoms with van der Waals surface area (Å²) in [6.07, 6.45) is 3.13. The van der Waals surface area contributed by atoms with Crippen molar-refractivity contribution in [2.45, 2.75) is 16.7 Å². The average Bonchev–Trinajstić information content (AvgIpc) is 2.77. The molecule has 3 rings (SSSR count). The van der Waals surface area contributed by atoms with Crippen molar-refractivity contribution in [3.8, 4) is 0 Å². The van der Waals surface area contributed by atoms with Gasteiger partial charge in [0, 0.05) is 18.8 Å². The monoisotopic (exact) mass is 300 g/mol. The van der Waals surface area contributed by atoms with Crippen LogP contribution in [0.1, 0.15) is 6.42 Å². The summed E-state index contributed by atoms with van der Waals surface area (Å²) in [5, 5.41) is -0.0460.